The van der Waals surface area contributed by atoms with Crippen molar-refractivity contribution < 1.29 is 5.11 Å². The summed E-state index contributed by atoms with van der Waals surface area (Å²) >= 11 is 6.04. The third kappa shape index (κ3) is 2.28. The second-order valence-corrected chi connectivity index (χ2v) is 5.06. The molecule has 0 aliphatic heterocycles. The van der Waals surface area contributed by atoms with Crippen molar-refractivity contribution in [3.63, 3.8) is 0 Å². The minimum absolute atomic E-state index is 0.323. The largest absolute Gasteiger partial charge is 0.389 e. The van der Waals surface area contributed by atoms with Crippen LogP contribution in [0.15, 0.2) is 24.4 Å². The number of fused-ring (bicyclic) bond motifs is 1. The Bertz CT molecular complexity index is 549. The molecule has 0 aliphatic carbocycles. The van der Waals surface area contributed by atoms with E-state index in [0.717, 1.165) is 22.0 Å². The lowest BCUT2D eigenvalue weighted by atomic mass is 9.92. The van der Waals surface area contributed by atoms with Crippen LogP contribution >= 0.6 is 11.6 Å². The lowest BCUT2D eigenvalue weighted by Crippen LogP contribution is -2.03. The van der Waals surface area contributed by atoms with Gasteiger partial charge in [-0.1, -0.05) is 25.4 Å². The number of pyridine rings is 1. The van der Waals surface area contributed by atoms with Crippen molar-refractivity contribution in [1.29, 1.82) is 0 Å². The van der Waals surface area contributed by atoms with E-state index in [2.05, 4.69) is 18.8 Å². The Morgan fingerprint density at radius 1 is 1.24 bits per heavy atom. The van der Waals surface area contributed by atoms with Crippen molar-refractivity contribution >= 4 is 22.5 Å². The molecule has 0 fully saturated rings. The zero-order chi connectivity index (χ0) is 12.6. The Labute approximate surface area is 106 Å². The van der Waals surface area contributed by atoms with E-state index in [1.807, 2.05) is 18.2 Å². The predicted molar refractivity (Wildman–Crippen MR) is 71.5 cm³/mol. The van der Waals surface area contributed by atoms with E-state index in [0.29, 0.717) is 10.9 Å². The molecule has 90 valence electrons. The summed E-state index contributed by atoms with van der Waals surface area (Å²) in [6.45, 7) is 5.99. The van der Waals surface area contributed by atoms with Gasteiger partial charge in [0, 0.05) is 22.2 Å². The number of benzene rings is 1. The predicted octanol–water partition coefficient (Wildman–Crippen LogP) is 4.06. The number of aromatic nitrogens is 1. The van der Waals surface area contributed by atoms with Crippen molar-refractivity contribution in [1.82, 2.24) is 4.98 Å². The fourth-order valence-electron chi connectivity index (χ4n) is 2.18. The highest BCUT2D eigenvalue weighted by atomic mass is 35.5. The third-order valence-electron chi connectivity index (χ3n) is 2.93. The molecular formula is C14H16ClNO. The Hall–Kier alpha value is -1.12. The van der Waals surface area contributed by atoms with Gasteiger partial charge >= 0.3 is 0 Å². The summed E-state index contributed by atoms with van der Waals surface area (Å²) in [5, 5.41) is 11.5. The van der Waals surface area contributed by atoms with Gasteiger partial charge in [0.15, 0.2) is 0 Å². The first-order chi connectivity index (χ1) is 8.00. The Morgan fingerprint density at radius 2 is 1.94 bits per heavy atom. The number of aliphatic hydroxyl groups is 1. The first-order valence-electron chi connectivity index (χ1n) is 5.77. The summed E-state index contributed by atoms with van der Waals surface area (Å²) in [7, 11) is 0. The summed E-state index contributed by atoms with van der Waals surface area (Å²) in [6, 6.07) is 5.67. The van der Waals surface area contributed by atoms with Gasteiger partial charge in [-0.2, -0.15) is 0 Å². The van der Waals surface area contributed by atoms with Crippen LogP contribution in [0.2, 0.25) is 5.02 Å². The summed E-state index contributed by atoms with van der Waals surface area (Å²) in [6.07, 6.45) is 1.25. The molecule has 1 N–H and O–H groups in total. The van der Waals surface area contributed by atoms with Crippen molar-refractivity contribution in [2.45, 2.75) is 32.8 Å². The zero-order valence-electron chi connectivity index (χ0n) is 10.2. The van der Waals surface area contributed by atoms with Crippen LogP contribution in [-0.4, -0.2) is 10.1 Å². The molecule has 2 rings (SSSR count). The quantitative estimate of drug-likeness (QED) is 0.871. The third-order valence-corrected chi connectivity index (χ3v) is 3.17. The maximum atomic E-state index is 9.81. The van der Waals surface area contributed by atoms with Crippen LogP contribution in [0.4, 0.5) is 0 Å². The fraction of sp³-hybridized carbons (Fsp3) is 0.357. The molecule has 17 heavy (non-hydrogen) atoms. The number of nitrogens with zero attached hydrogens (tertiary/aromatic N) is 1. The maximum absolute atomic E-state index is 9.81. The van der Waals surface area contributed by atoms with Gasteiger partial charge in [-0.05, 0) is 36.6 Å². The molecule has 0 spiro atoms. The number of rotatable bonds is 2. The van der Waals surface area contributed by atoms with E-state index >= 15 is 0 Å². The van der Waals surface area contributed by atoms with Gasteiger partial charge in [0.05, 0.1) is 11.6 Å². The molecule has 0 saturated carbocycles. The topological polar surface area (TPSA) is 33.1 Å². The van der Waals surface area contributed by atoms with Gasteiger partial charge in [-0.3, -0.25) is 4.98 Å². The van der Waals surface area contributed by atoms with E-state index in [-0.39, 0.29) is 0 Å². The Kier molecular flexibility index (Phi) is 3.36. The average molecular weight is 250 g/mol. The summed E-state index contributed by atoms with van der Waals surface area (Å²) in [4.78, 5) is 4.37. The molecule has 2 aromatic rings. The van der Waals surface area contributed by atoms with E-state index in [9.17, 15) is 5.11 Å². The fourth-order valence-corrected chi connectivity index (χ4v) is 2.35. The number of aliphatic hydroxyl groups excluding tert-OH is 1. The molecule has 3 heteroatoms. The summed E-state index contributed by atoms with van der Waals surface area (Å²) < 4.78 is 0. The lowest BCUT2D eigenvalue weighted by molar-refractivity contribution is 0.197. The molecule has 1 heterocycles. The number of halogens is 1. The monoisotopic (exact) mass is 249 g/mol. The first kappa shape index (κ1) is 12.3. The van der Waals surface area contributed by atoms with E-state index in [1.54, 1.807) is 13.1 Å². The second kappa shape index (κ2) is 4.63. The van der Waals surface area contributed by atoms with E-state index in [1.165, 1.54) is 0 Å². The normalized spacial score (nSPS) is 13.3. The number of hydrogen-bond donors (Lipinski definition) is 1. The zero-order valence-corrected chi connectivity index (χ0v) is 11.0. The molecule has 2 nitrogen and oxygen atoms in total. The highest BCUT2D eigenvalue weighted by Crippen LogP contribution is 2.32. The molecule has 0 aliphatic rings. The molecule has 0 radical (unpaired) electrons. The van der Waals surface area contributed by atoms with Gasteiger partial charge in [-0.15, -0.1) is 0 Å². The van der Waals surface area contributed by atoms with Gasteiger partial charge in [0.25, 0.3) is 0 Å². The average Bonchev–Trinajstić information content (AvgIpc) is 2.26. The Balaban J connectivity index is 2.82. The van der Waals surface area contributed by atoms with Crippen LogP contribution in [-0.2, 0) is 0 Å². The van der Waals surface area contributed by atoms with E-state index in [4.69, 9.17) is 11.6 Å². The van der Waals surface area contributed by atoms with Crippen LogP contribution in [0.25, 0.3) is 10.9 Å². The minimum Gasteiger partial charge on any atom is -0.389 e. The molecular weight excluding hydrogens is 234 g/mol. The van der Waals surface area contributed by atoms with Crippen molar-refractivity contribution in [2.75, 3.05) is 0 Å². The molecule has 1 aromatic carbocycles. The molecule has 1 atom stereocenters. The smallest absolute Gasteiger partial charge is 0.0779 e. The second-order valence-electron chi connectivity index (χ2n) is 4.62. The molecule has 1 aromatic heterocycles. The van der Waals surface area contributed by atoms with Crippen molar-refractivity contribution in [3.8, 4) is 0 Å². The van der Waals surface area contributed by atoms with Gasteiger partial charge in [0.2, 0.25) is 0 Å². The molecule has 0 saturated heterocycles. The SMILES string of the molecule is CC(C)c1c(C(C)O)cnc2ccc(Cl)cc12. The standard InChI is InChI=1S/C14H16ClNO/c1-8(2)14-11-6-10(15)4-5-13(11)16-7-12(14)9(3)17/h4-9,17H,1-3H3. The van der Waals surface area contributed by atoms with Crippen LogP contribution in [0.3, 0.4) is 0 Å². The number of hydrogen-bond acceptors (Lipinski definition) is 2. The van der Waals surface area contributed by atoms with Crippen LogP contribution in [0, 0.1) is 0 Å². The first-order valence-corrected chi connectivity index (χ1v) is 6.14. The molecule has 0 bridgehead atoms. The van der Waals surface area contributed by atoms with Crippen molar-refractivity contribution in [2.24, 2.45) is 0 Å². The van der Waals surface area contributed by atoms with Crippen molar-refractivity contribution in [3.05, 3.63) is 40.5 Å². The lowest BCUT2D eigenvalue weighted by Gasteiger charge is -2.17. The minimum atomic E-state index is -0.511. The van der Waals surface area contributed by atoms with E-state index < -0.39 is 6.10 Å². The maximum Gasteiger partial charge on any atom is 0.0779 e. The van der Waals surface area contributed by atoms with Gasteiger partial charge in [-0.25, -0.2) is 0 Å². The van der Waals surface area contributed by atoms with Crippen LogP contribution < -0.4 is 0 Å². The summed E-state index contributed by atoms with van der Waals surface area (Å²) in [5.74, 6) is 0.323. The highest BCUT2D eigenvalue weighted by Gasteiger charge is 2.15. The van der Waals surface area contributed by atoms with Crippen LogP contribution in [0.5, 0.6) is 0 Å². The molecule has 1 unspecified atom stereocenters. The van der Waals surface area contributed by atoms with Crippen LogP contribution in [0.1, 0.15) is 43.9 Å². The molecule has 0 amide bonds. The Morgan fingerprint density at radius 3 is 2.53 bits per heavy atom. The van der Waals surface area contributed by atoms with Gasteiger partial charge in [0.1, 0.15) is 0 Å². The van der Waals surface area contributed by atoms with Gasteiger partial charge < -0.3 is 5.11 Å². The highest BCUT2D eigenvalue weighted by molar-refractivity contribution is 6.31. The summed E-state index contributed by atoms with van der Waals surface area (Å²) in [5.41, 5.74) is 2.93.